The van der Waals surface area contributed by atoms with Crippen LogP contribution >= 0.6 is 0 Å². The fourth-order valence-electron chi connectivity index (χ4n) is 1.53. The second-order valence-electron chi connectivity index (χ2n) is 4.00. The van der Waals surface area contributed by atoms with Crippen LogP contribution in [0.2, 0.25) is 0 Å². The van der Waals surface area contributed by atoms with E-state index in [1.54, 1.807) is 0 Å². The number of amides is 1. The molecule has 0 saturated heterocycles. The van der Waals surface area contributed by atoms with Gasteiger partial charge in [-0.2, -0.15) is 0 Å². The van der Waals surface area contributed by atoms with Crippen molar-refractivity contribution in [2.45, 2.75) is 31.5 Å². The molecule has 0 aromatic rings. The predicted octanol–water partition coefficient (Wildman–Crippen LogP) is -1.85. The van der Waals surface area contributed by atoms with Crippen LogP contribution in [-0.4, -0.2) is 47.2 Å². The van der Waals surface area contributed by atoms with E-state index in [4.69, 9.17) is 5.73 Å². The van der Waals surface area contributed by atoms with Gasteiger partial charge in [0.2, 0.25) is 0 Å². The Kier molecular flexibility index (Phi) is 4.85. The first-order valence-corrected chi connectivity index (χ1v) is 5.45. The zero-order chi connectivity index (χ0) is 12.1. The van der Waals surface area contributed by atoms with Crippen LogP contribution in [0.5, 0.6) is 0 Å². The summed E-state index contributed by atoms with van der Waals surface area (Å²) in [7, 11) is 0. The predicted molar refractivity (Wildman–Crippen MR) is 56.4 cm³/mol. The fourth-order valence-corrected chi connectivity index (χ4v) is 1.53. The largest absolute Gasteiger partial charge is 0.382 e. The maximum atomic E-state index is 11.5. The highest BCUT2D eigenvalue weighted by Gasteiger charge is 2.36. The van der Waals surface area contributed by atoms with E-state index in [2.05, 4.69) is 5.32 Å². The van der Waals surface area contributed by atoms with Crippen LogP contribution in [0.25, 0.3) is 0 Å². The molecule has 0 heterocycles. The lowest BCUT2D eigenvalue weighted by molar-refractivity contribution is -0.148. The zero-order valence-corrected chi connectivity index (χ0v) is 9.06. The second kappa shape index (κ2) is 5.93. The monoisotopic (exact) mass is 230 g/mol. The fraction of sp³-hybridized carbons (Fsp3) is 0.800. The summed E-state index contributed by atoms with van der Waals surface area (Å²) in [4.78, 5) is 22.8. The molecule has 0 aromatic heterocycles. The zero-order valence-electron chi connectivity index (χ0n) is 9.06. The Morgan fingerprint density at radius 1 is 1.31 bits per heavy atom. The maximum absolute atomic E-state index is 11.5. The van der Waals surface area contributed by atoms with Gasteiger partial charge in [-0.05, 0) is 12.8 Å². The maximum Gasteiger partial charge on any atom is 0.252 e. The average Bonchev–Trinajstić information content (AvgIpc) is 2.21. The molecular weight excluding hydrogens is 212 g/mol. The van der Waals surface area contributed by atoms with Crippen molar-refractivity contribution in [1.29, 1.82) is 0 Å². The Balaban J connectivity index is 2.41. The topological polar surface area (TPSA) is 113 Å². The minimum absolute atomic E-state index is 0.202. The molecule has 6 nitrogen and oxygen atoms in total. The van der Waals surface area contributed by atoms with Gasteiger partial charge < -0.3 is 21.3 Å². The Morgan fingerprint density at radius 2 is 1.94 bits per heavy atom. The van der Waals surface area contributed by atoms with E-state index in [1.165, 1.54) is 0 Å². The van der Waals surface area contributed by atoms with Crippen LogP contribution in [0.15, 0.2) is 0 Å². The van der Waals surface area contributed by atoms with Crippen molar-refractivity contribution in [3.05, 3.63) is 0 Å². The molecule has 6 heteroatoms. The van der Waals surface area contributed by atoms with E-state index in [0.29, 0.717) is 0 Å². The number of ketones is 1. The number of nitrogens with one attached hydrogen (secondary N) is 1. The van der Waals surface area contributed by atoms with Crippen molar-refractivity contribution in [3.8, 4) is 0 Å². The molecule has 92 valence electrons. The number of rotatable bonds is 6. The number of hydrogen-bond acceptors (Lipinski definition) is 5. The lowest BCUT2D eigenvalue weighted by Crippen LogP contribution is -2.49. The van der Waals surface area contributed by atoms with Gasteiger partial charge in [0.15, 0.2) is 11.9 Å². The number of Topliss-reactive ketones (excluding diaryl/α,β-unsaturated/α-hetero) is 1. The minimum atomic E-state index is -1.69. The van der Waals surface area contributed by atoms with E-state index in [0.717, 1.165) is 19.3 Å². The summed E-state index contributed by atoms with van der Waals surface area (Å²) < 4.78 is 0. The molecule has 1 saturated carbocycles. The van der Waals surface area contributed by atoms with Crippen LogP contribution in [0.1, 0.15) is 19.3 Å². The summed E-state index contributed by atoms with van der Waals surface area (Å²) in [6, 6.07) is 0. The van der Waals surface area contributed by atoms with Gasteiger partial charge in [-0.25, -0.2) is 0 Å². The normalized spacial score (nSPS) is 19.7. The van der Waals surface area contributed by atoms with Gasteiger partial charge in [0, 0.05) is 19.0 Å². The van der Waals surface area contributed by atoms with E-state index in [1.807, 2.05) is 0 Å². The summed E-state index contributed by atoms with van der Waals surface area (Å²) >= 11 is 0. The molecule has 1 rings (SSSR count). The summed E-state index contributed by atoms with van der Waals surface area (Å²) in [5, 5.41) is 21.2. The third kappa shape index (κ3) is 3.01. The summed E-state index contributed by atoms with van der Waals surface area (Å²) in [6.45, 7) is 0.450. The van der Waals surface area contributed by atoms with Gasteiger partial charge in [-0.1, -0.05) is 6.42 Å². The highest BCUT2D eigenvalue weighted by atomic mass is 16.3. The number of aliphatic hydroxyl groups excluding tert-OH is 2. The van der Waals surface area contributed by atoms with E-state index in [-0.39, 0.29) is 19.0 Å². The van der Waals surface area contributed by atoms with Crippen LogP contribution < -0.4 is 11.1 Å². The Labute approximate surface area is 93.8 Å². The highest BCUT2D eigenvalue weighted by molar-refractivity contribution is 5.93. The van der Waals surface area contributed by atoms with Gasteiger partial charge in [-0.3, -0.25) is 9.59 Å². The second-order valence-corrected chi connectivity index (χ2v) is 4.00. The van der Waals surface area contributed by atoms with Crippen molar-refractivity contribution < 1.29 is 19.8 Å². The number of carbonyl (C=O) groups is 2. The van der Waals surface area contributed by atoms with Crippen molar-refractivity contribution in [3.63, 3.8) is 0 Å². The Bertz CT molecular complexity index is 266. The molecule has 0 aromatic carbocycles. The summed E-state index contributed by atoms with van der Waals surface area (Å²) in [6.07, 6.45) is -0.902. The first-order valence-electron chi connectivity index (χ1n) is 5.45. The molecule has 0 aliphatic heterocycles. The number of hydrogen-bond donors (Lipinski definition) is 4. The SMILES string of the molecule is NCCNC(=O)[C@H](O)[C@@H](O)C(=O)C1CCC1. The van der Waals surface area contributed by atoms with Crippen LogP contribution in [0, 0.1) is 5.92 Å². The molecule has 0 unspecified atom stereocenters. The molecule has 1 fully saturated rings. The molecule has 2 atom stereocenters. The van der Waals surface area contributed by atoms with Crippen molar-refractivity contribution in [1.82, 2.24) is 5.32 Å². The average molecular weight is 230 g/mol. The lowest BCUT2D eigenvalue weighted by Gasteiger charge is -2.27. The number of aliphatic hydroxyl groups is 2. The summed E-state index contributed by atoms with van der Waals surface area (Å²) in [5.74, 6) is -1.40. The molecule has 0 radical (unpaired) electrons. The molecule has 5 N–H and O–H groups in total. The standard InChI is InChI=1S/C10H18N2O4/c11-4-5-12-10(16)9(15)8(14)7(13)6-2-1-3-6/h6,8-9,14-15H,1-5,11H2,(H,12,16)/t8-,9+/m0/s1. The molecule has 1 aliphatic rings. The quantitative estimate of drug-likeness (QED) is 0.428. The van der Waals surface area contributed by atoms with Gasteiger partial charge >= 0.3 is 0 Å². The van der Waals surface area contributed by atoms with Gasteiger partial charge in [0.1, 0.15) is 6.10 Å². The number of nitrogens with two attached hydrogens (primary N) is 1. The van der Waals surface area contributed by atoms with Crippen molar-refractivity contribution >= 4 is 11.7 Å². The molecular formula is C10H18N2O4. The number of carbonyl (C=O) groups excluding carboxylic acids is 2. The molecule has 0 bridgehead atoms. The minimum Gasteiger partial charge on any atom is -0.382 e. The molecule has 0 spiro atoms. The third-order valence-electron chi connectivity index (χ3n) is 2.81. The first-order chi connectivity index (χ1) is 7.57. The third-order valence-corrected chi connectivity index (χ3v) is 2.81. The Morgan fingerprint density at radius 3 is 2.38 bits per heavy atom. The van der Waals surface area contributed by atoms with E-state index < -0.39 is 23.9 Å². The van der Waals surface area contributed by atoms with Crippen LogP contribution in [-0.2, 0) is 9.59 Å². The first kappa shape index (κ1) is 13.1. The molecule has 1 amide bonds. The molecule has 16 heavy (non-hydrogen) atoms. The van der Waals surface area contributed by atoms with Crippen LogP contribution in [0.4, 0.5) is 0 Å². The van der Waals surface area contributed by atoms with Crippen molar-refractivity contribution in [2.24, 2.45) is 11.7 Å². The van der Waals surface area contributed by atoms with Gasteiger partial charge in [0.25, 0.3) is 5.91 Å². The summed E-state index contributed by atoms with van der Waals surface area (Å²) in [5.41, 5.74) is 5.17. The van der Waals surface area contributed by atoms with E-state index >= 15 is 0 Å². The lowest BCUT2D eigenvalue weighted by atomic mass is 9.79. The van der Waals surface area contributed by atoms with Gasteiger partial charge in [-0.15, -0.1) is 0 Å². The highest BCUT2D eigenvalue weighted by Crippen LogP contribution is 2.28. The molecule has 1 aliphatic carbocycles. The van der Waals surface area contributed by atoms with Crippen molar-refractivity contribution in [2.75, 3.05) is 13.1 Å². The van der Waals surface area contributed by atoms with E-state index in [9.17, 15) is 19.8 Å². The van der Waals surface area contributed by atoms with Gasteiger partial charge in [0.05, 0.1) is 0 Å². The smallest absolute Gasteiger partial charge is 0.252 e. The Hall–Kier alpha value is -0.980. The van der Waals surface area contributed by atoms with Crippen LogP contribution in [0.3, 0.4) is 0 Å².